The molecule has 0 saturated heterocycles. The lowest BCUT2D eigenvalue weighted by atomic mass is 9.88. The maximum atomic E-state index is 3.56. The van der Waals surface area contributed by atoms with Crippen LogP contribution in [0.5, 0.6) is 0 Å². The number of nitrogens with one attached hydrogen (secondary N) is 2. The van der Waals surface area contributed by atoms with E-state index in [9.17, 15) is 0 Å². The molecule has 1 aliphatic rings. The SMILES string of the molecule is C1=C(C(c2ccccc2)c2c[nH]c3ccccc23)NCC1. The summed E-state index contributed by atoms with van der Waals surface area (Å²) in [7, 11) is 0. The van der Waals surface area contributed by atoms with Gasteiger partial charge in [-0.25, -0.2) is 0 Å². The number of para-hydroxylation sites is 1. The van der Waals surface area contributed by atoms with Crippen molar-refractivity contribution in [3.05, 3.63) is 83.7 Å². The lowest BCUT2D eigenvalue weighted by Gasteiger charge is -2.19. The highest BCUT2D eigenvalue weighted by Gasteiger charge is 2.23. The van der Waals surface area contributed by atoms with E-state index < -0.39 is 0 Å². The van der Waals surface area contributed by atoms with Gasteiger partial charge in [0, 0.05) is 29.3 Å². The van der Waals surface area contributed by atoms with E-state index in [-0.39, 0.29) is 5.92 Å². The number of aromatic amines is 1. The van der Waals surface area contributed by atoms with Crippen LogP contribution in [0.1, 0.15) is 23.5 Å². The van der Waals surface area contributed by atoms with E-state index in [0.29, 0.717) is 0 Å². The molecule has 1 atom stereocenters. The first-order valence-electron chi connectivity index (χ1n) is 7.48. The van der Waals surface area contributed by atoms with Crippen molar-refractivity contribution in [1.82, 2.24) is 10.3 Å². The van der Waals surface area contributed by atoms with E-state index in [1.165, 1.54) is 27.7 Å². The zero-order valence-electron chi connectivity index (χ0n) is 11.8. The Hall–Kier alpha value is -2.48. The van der Waals surface area contributed by atoms with Gasteiger partial charge in [0.2, 0.25) is 0 Å². The first-order chi connectivity index (χ1) is 10.4. The third-order valence-corrected chi connectivity index (χ3v) is 4.21. The number of hydrogen-bond acceptors (Lipinski definition) is 1. The molecule has 2 aromatic carbocycles. The van der Waals surface area contributed by atoms with Gasteiger partial charge in [0.1, 0.15) is 0 Å². The zero-order valence-corrected chi connectivity index (χ0v) is 11.8. The lowest BCUT2D eigenvalue weighted by Crippen LogP contribution is -2.15. The molecule has 2 N–H and O–H groups in total. The van der Waals surface area contributed by atoms with Crippen LogP contribution < -0.4 is 5.32 Å². The minimum Gasteiger partial charge on any atom is -0.388 e. The molecule has 21 heavy (non-hydrogen) atoms. The van der Waals surface area contributed by atoms with Crippen molar-refractivity contribution in [3.63, 3.8) is 0 Å². The number of rotatable bonds is 3. The zero-order chi connectivity index (χ0) is 14.1. The normalized spacial score (nSPS) is 15.7. The van der Waals surface area contributed by atoms with Gasteiger partial charge in [-0.1, -0.05) is 54.6 Å². The van der Waals surface area contributed by atoms with E-state index in [2.05, 4.69) is 77.2 Å². The Morgan fingerprint density at radius 1 is 0.905 bits per heavy atom. The van der Waals surface area contributed by atoms with Gasteiger partial charge in [-0.3, -0.25) is 0 Å². The quantitative estimate of drug-likeness (QED) is 0.737. The largest absolute Gasteiger partial charge is 0.388 e. The molecule has 0 bridgehead atoms. The second-order valence-corrected chi connectivity index (χ2v) is 5.51. The highest BCUT2D eigenvalue weighted by Crippen LogP contribution is 2.36. The summed E-state index contributed by atoms with van der Waals surface area (Å²) in [6, 6.07) is 19.3. The Morgan fingerprint density at radius 2 is 1.71 bits per heavy atom. The van der Waals surface area contributed by atoms with Crippen LogP contribution >= 0.6 is 0 Å². The van der Waals surface area contributed by atoms with Crippen molar-refractivity contribution in [2.45, 2.75) is 12.3 Å². The summed E-state index contributed by atoms with van der Waals surface area (Å²) >= 11 is 0. The number of H-pyrrole nitrogens is 1. The molecule has 4 rings (SSSR count). The van der Waals surface area contributed by atoms with Crippen LogP contribution in [0.15, 0.2) is 72.6 Å². The van der Waals surface area contributed by atoms with Crippen molar-refractivity contribution in [3.8, 4) is 0 Å². The number of allylic oxidation sites excluding steroid dienone is 1. The maximum absolute atomic E-state index is 3.56. The molecule has 2 heterocycles. The smallest absolute Gasteiger partial charge is 0.0505 e. The Kier molecular flexibility index (Phi) is 3.00. The van der Waals surface area contributed by atoms with E-state index in [1.807, 2.05) is 0 Å². The fraction of sp³-hybridized carbons (Fsp3) is 0.158. The second kappa shape index (κ2) is 5.13. The minimum absolute atomic E-state index is 0.282. The van der Waals surface area contributed by atoms with Gasteiger partial charge in [-0.05, 0) is 23.6 Å². The van der Waals surface area contributed by atoms with Crippen LogP contribution in [0.25, 0.3) is 10.9 Å². The molecule has 2 nitrogen and oxygen atoms in total. The highest BCUT2D eigenvalue weighted by molar-refractivity contribution is 5.84. The molecule has 104 valence electrons. The third kappa shape index (κ3) is 2.13. The molecule has 2 heteroatoms. The van der Waals surface area contributed by atoms with Crippen molar-refractivity contribution >= 4 is 10.9 Å². The third-order valence-electron chi connectivity index (χ3n) is 4.21. The van der Waals surface area contributed by atoms with Gasteiger partial charge in [-0.2, -0.15) is 0 Å². The molecule has 0 saturated carbocycles. The summed E-state index contributed by atoms with van der Waals surface area (Å²) in [6.45, 7) is 1.04. The predicted octanol–water partition coefficient (Wildman–Crippen LogP) is 4.18. The summed E-state index contributed by atoms with van der Waals surface area (Å²) in [5.41, 5.74) is 5.21. The standard InChI is InChI=1S/C19H18N2/c1-2-7-14(8-3-1)19(18-11-6-12-20-18)16-13-21-17-10-5-4-9-15(16)17/h1-5,7-11,13,19-21H,6,12H2. The average Bonchev–Trinajstić information content (AvgIpc) is 3.20. The summed E-state index contributed by atoms with van der Waals surface area (Å²) in [5, 5.41) is 4.86. The first-order valence-corrected chi connectivity index (χ1v) is 7.48. The molecule has 1 aromatic heterocycles. The number of fused-ring (bicyclic) bond motifs is 1. The van der Waals surface area contributed by atoms with Gasteiger partial charge in [0.25, 0.3) is 0 Å². The molecule has 1 aliphatic heterocycles. The molecule has 0 spiro atoms. The molecule has 0 radical (unpaired) electrons. The van der Waals surface area contributed by atoms with E-state index in [0.717, 1.165) is 13.0 Å². The Balaban J connectivity index is 1.90. The average molecular weight is 274 g/mol. The fourth-order valence-corrected chi connectivity index (χ4v) is 3.24. The van der Waals surface area contributed by atoms with E-state index in [4.69, 9.17) is 0 Å². The summed E-state index contributed by atoms with van der Waals surface area (Å²) in [5.74, 6) is 0.282. The van der Waals surface area contributed by atoms with Crippen LogP contribution in [0, 0.1) is 0 Å². The Labute approximate surface area is 124 Å². The molecular weight excluding hydrogens is 256 g/mol. The van der Waals surface area contributed by atoms with Crippen LogP contribution in [0.3, 0.4) is 0 Å². The summed E-state index contributed by atoms with van der Waals surface area (Å²) in [4.78, 5) is 3.41. The number of hydrogen-bond donors (Lipinski definition) is 2. The lowest BCUT2D eigenvalue weighted by molar-refractivity contribution is 0.797. The van der Waals surface area contributed by atoms with Crippen molar-refractivity contribution in [2.75, 3.05) is 6.54 Å². The van der Waals surface area contributed by atoms with Gasteiger partial charge >= 0.3 is 0 Å². The molecular formula is C19H18N2. The Bertz CT molecular complexity index is 783. The van der Waals surface area contributed by atoms with E-state index in [1.54, 1.807) is 0 Å². The van der Waals surface area contributed by atoms with Crippen LogP contribution in [0.4, 0.5) is 0 Å². The minimum atomic E-state index is 0.282. The van der Waals surface area contributed by atoms with Crippen LogP contribution in [0.2, 0.25) is 0 Å². The van der Waals surface area contributed by atoms with E-state index >= 15 is 0 Å². The molecule has 0 amide bonds. The topological polar surface area (TPSA) is 27.8 Å². The van der Waals surface area contributed by atoms with Gasteiger partial charge in [0.05, 0.1) is 5.92 Å². The molecule has 0 aliphatic carbocycles. The maximum Gasteiger partial charge on any atom is 0.0505 e. The second-order valence-electron chi connectivity index (χ2n) is 5.51. The summed E-state index contributed by atoms with van der Waals surface area (Å²) < 4.78 is 0. The molecule has 3 aromatic rings. The molecule has 1 unspecified atom stereocenters. The van der Waals surface area contributed by atoms with Gasteiger partial charge < -0.3 is 10.3 Å². The highest BCUT2D eigenvalue weighted by atomic mass is 14.9. The predicted molar refractivity (Wildman–Crippen MR) is 87.3 cm³/mol. The Morgan fingerprint density at radius 3 is 2.52 bits per heavy atom. The van der Waals surface area contributed by atoms with Crippen molar-refractivity contribution in [1.29, 1.82) is 0 Å². The van der Waals surface area contributed by atoms with Crippen molar-refractivity contribution in [2.24, 2.45) is 0 Å². The summed E-state index contributed by atoms with van der Waals surface area (Å²) in [6.07, 6.45) is 5.60. The van der Waals surface area contributed by atoms with Crippen molar-refractivity contribution < 1.29 is 0 Å². The first kappa shape index (κ1) is 12.3. The molecule has 0 fully saturated rings. The fourth-order valence-electron chi connectivity index (χ4n) is 3.24. The number of benzene rings is 2. The number of aromatic nitrogens is 1. The monoisotopic (exact) mass is 274 g/mol. The van der Waals surface area contributed by atoms with Gasteiger partial charge in [-0.15, -0.1) is 0 Å². The van der Waals surface area contributed by atoms with Gasteiger partial charge in [0.15, 0.2) is 0 Å². The van der Waals surface area contributed by atoms with Crippen LogP contribution in [-0.2, 0) is 0 Å². The van der Waals surface area contributed by atoms with Crippen LogP contribution in [-0.4, -0.2) is 11.5 Å².